The Balaban J connectivity index is 2.07. The molecule has 0 radical (unpaired) electrons. The van der Waals surface area contributed by atoms with E-state index in [4.69, 9.17) is 9.68 Å². The Kier molecular flexibility index (Phi) is 3.10. The van der Waals surface area contributed by atoms with Crippen LogP contribution in [0.4, 0.5) is 4.39 Å². The lowest BCUT2D eigenvalue weighted by molar-refractivity contribution is -0.660. The Morgan fingerprint density at radius 1 is 1.12 bits per heavy atom. The number of fused-ring (bicyclic) bond motifs is 3. The van der Waals surface area contributed by atoms with E-state index in [0.717, 1.165) is 22.2 Å². The van der Waals surface area contributed by atoms with Crippen LogP contribution in [0.15, 0.2) is 53.1 Å². The average Bonchev–Trinajstić information content (AvgIpc) is 2.93. The number of hydrogen-bond acceptors (Lipinski definition) is 2. The number of aryl methyl sites for hydroxylation is 2. The molecule has 0 atom stereocenters. The summed E-state index contributed by atoms with van der Waals surface area (Å²) in [5.74, 6) is -0.510. The first-order valence-corrected chi connectivity index (χ1v) is 7.60. The lowest BCUT2D eigenvalue weighted by Crippen LogP contribution is -2.30. The van der Waals surface area contributed by atoms with Crippen molar-refractivity contribution in [3.05, 3.63) is 65.6 Å². The minimum absolute atomic E-state index is 0.193. The molecular formula is C20H14FN2O+. The third-order valence-electron chi connectivity index (χ3n) is 4.33. The maximum Gasteiger partial charge on any atom is 0.212 e. The smallest absolute Gasteiger partial charge is 0.212 e. The fourth-order valence-corrected chi connectivity index (χ4v) is 3.13. The number of benzene rings is 2. The summed E-state index contributed by atoms with van der Waals surface area (Å²) in [6, 6.07) is 14.8. The van der Waals surface area contributed by atoms with Gasteiger partial charge in [0.15, 0.2) is 17.6 Å². The molecule has 116 valence electrons. The Morgan fingerprint density at radius 3 is 2.71 bits per heavy atom. The summed E-state index contributed by atoms with van der Waals surface area (Å²) >= 11 is 0. The van der Waals surface area contributed by atoms with Gasteiger partial charge in [0, 0.05) is 22.9 Å². The molecule has 3 nitrogen and oxygen atoms in total. The molecule has 4 aromatic rings. The van der Waals surface area contributed by atoms with Crippen molar-refractivity contribution >= 4 is 21.9 Å². The van der Waals surface area contributed by atoms with Crippen molar-refractivity contribution in [1.82, 2.24) is 0 Å². The normalized spacial score (nSPS) is 11.1. The van der Waals surface area contributed by atoms with Gasteiger partial charge in [-0.2, -0.15) is 5.26 Å². The van der Waals surface area contributed by atoms with Crippen LogP contribution in [0.2, 0.25) is 0 Å². The van der Waals surface area contributed by atoms with Gasteiger partial charge in [0.25, 0.3) is 0 Å². The lowest BCUT2D eigenvalue weighted by atomic mass is 10.0. The van der Waals surface area contributed by atoms with Gasteiger partial charge in [-0.05, 0) is 42.8 Å². The van der Waals surface area contributed by atoms with Gasteiger partial charge in [-0.25, -0.2) is 8.96 Å². The molecule has 2 aromatic carbocycles. The highest BCUT2D eigenvalue weighted by Gasteiger charge is 2.18. The summed E-state index contributed by atoms with van der Waals surface area (Å²) in [4.78, 5) is 0. The second kappa shape index (κ2) is 5.17. The van der Waals surface area contributed by atoms with Gasteiger partial charge in [0.05, 0.1) is 17.2 Å². The van der Waals surface area contributed by atoms with E-state index in [-0.39, 0.29) is 5.58 Å². The largest absolute Gasteiger partial charge is 0.453 e. The molecule has 0 spiro atoms. The Bertz CT molecular complexity index is 1150. The molecule has 0 aliphatic heterocycles. The first kappa shape index (κ1) is 14.4. The molecule has 0 aliphatic rings. The molecule has 0 saturated heterocycles. The van der Waals surface area contributed by atoms with Crippen LogP contribution in [-0.2, 0) is 7.05 Å². The van der Waals surface area contributed by atoms with E-state index in [1.165, 1.54) is 6.07 Å². The monoisotopic (exact) mass is 317 g/mol. The highest BCUT2D eigenvalue weighted by molar-refractivity contribution is 6.06. The van der Waals surface area contributed by atoms with Crippen LogP contribution < -0.4 is 4.57 Å². The number of hydrogen-bond donors (Lipinski definition) is 0. The number of nitriles is 1. The molecule has 0 N–H and O–H groups in total. The number of pyridine rings is 1. The fraction of sp³-hybridized carbons (Fsp3) is 0.100. The van der Waals surface area contributed by atoms with Crippen LogP contribution in [0.5, 0.6) is 0 Å². The zero-order chi connectivity index (χ0) is 16.8. The van der Waals surface area contributed by atoms with Gasteiger partial charge in [-0.1, -0.05) is 0 Å². The SMILES string of the molecule is Cc1cc2c(cc1-c1cccc[n+]1C)oc1c(F)cc(C#N)cc12. The summed E-state index contributed by atoms with van der Waals surface area (Å²) in [5.41, 5.74) is 4.25. The molecule has 0 unspecified atom stereocenters. The van der Waals surface area contributed by atoms with Gasteiger partial charge in [-0.15, -0.1) is 0 Å². The van der Waals surface area contributed by atoms with E-state index in [2.05, 4.69) is 0 Å². The van der Waals surface area contributed by atoms with Crippen LogP contribution >= 0.6 is 0 Å². The van der Waals surface area contributed by atoms with Gasteiger partial charge in [-0.3, -0.25) is 0 Å². The molecule has 0 amide bonds. The van der Waals surface area contributed by atoms with Gasteiger partial charge in [0.1, 0.15) is 12.6 Å². The summed E-state index contributed by atoms with van der Waals surface area (Å²) in [7, 11) is 1.98. The number of aromatic nitrogens is 1. The van der Waals surface area contributed by atoms with Crippen molar-refractivity contribution in [2.24, 2.45) is 7.05 Å². The Morgan fingerprint density at radius 2 is 1.96 bits per heavy atom. The van der Waals surface area contributed by atoms with E-state index < -0.39 is 5.82 Å². The zero-order valence-corrected chi connectivity index (χ0v) is 13.3. The van der Waals surface area contributed by atoms with Crippen molar-refractivity contribution < 1.29 is 13.4 Å². The third kappa shape index (κ3) is 2.06. The van der Waals surface area contributed by atoms with Crippen molar-refractivity contribution in [2.45, 2.75) is 6.92 Å². The molecule has 0 saturated carbocycles. The Labute approximate surface area is 138 Å². The van der Waals surface area contributed by atoms with Crippen LogP contribution in [0.1, 0.15) is 11.1 Å². The molecule has 24 heavy (non-hydrogen) atoms. The van der Waals surface area contributed by atoms with Gasteiger partial charge in [0.2, 0.25) is 5.69 Å². The maximum absolute atomic E-state index is 14.2. The van der Waals surface area contributed by atoms with Crippen LogP contribution in [0, 0.1) is 24.1 Å². The first-order valence-electron chi connectivity index (χ1n) is 7.60. The van der Waals surface area contributed by atoms with Crippen LogP contribution in [-0.4, -0.2) is 0 Å². The van der Waals surface area contributed by atoms with E-state index >= 15 is 0 Å². The second-order valence-corrected chi connectivity index (χ2v) is 5.91. The van der Waals surface area contributed by atoms with E-state index in [9.17, 15) is 4.39 Å². The van der Waals surface area contributed by atoms with E-state index in [0.29, 0.717) is 16.5 Å². The fourth-order valence-electron chi connectivity index (χ4n) is 3.13. The van der Waals surface area contributed by atoms with Crippen LogP contribution in [0.3, 0.4) is 0 Å². The summed E-state index contributed by atoms with van der Waals surface area (Å²) in [5, 5.41) is 10.5. The Hall–Kier alpha value is -3.19. The topological polar surface area (TPSA) is 40.8 Å². The molecule has 0 bridgehead atoms. The number of rotatable bonds is 1. The minimum Gasteiger partial charge on any atom is -0.453 e. The summed E-state index contributed by atoms with van der Waals surface area (Å²) in [6.45, 7) is 2.02. The highest BCUT2D eigenvalue weighted by Crippen LogP contribution is 2.35. The number of furan rings is 1. The average molecular weight is 317 g/mol. The molecule has 2 heterocycles. The standard InChI is InChI=1S/C20H14FN2O/c1-12-7-15-16-8-13(11-22)9-17(21)20(16)24-19(15)10-14(12)18-5-3-4-6-23(18)2/h3-10H,1-2H3/q+1. The van der Waals surface area contributed by atoms with Gasteiger partial charge >= 0.3 is 0 Å². The predicted octanol–water partition coefficient (Wildman–Crippen LogP) is 4.40. The molecule has 2 aromatic heterocycles. The van der Waals surface area contributed by atoms with Crippen molar-refractivity contribution in [1.29, 1.82) is 5.26 Å². The molecular weight excluding hydrogens is 303 g/mol. The minimum atomic E-state index is -0.510. The number of nitrogens with zero attached hydrogens (tertiary/aromatic N) is 2. The second-order valence-electron chi connectivity index (χ2n) is 5.91. The van der Waals surface area contributed by atoms with E-state index in [1.54, 1.807) is 6.07 Å². The maximum atomic E-state index is 14.2. The first-order chi connectivity index (χ1) is 11.6. The van der Waals surface area contributed by atoms with Crippen molar-refractivity contribution in [3.63, 3.8) is 0 Å². The van der Waals surface area contributed by atoms with Gasteiger partial charge < -0.3 is 4.42 Å². The predicted molar refractivity (Wildman–Crippen MR) is 89.7 cm³/mol. The van der Waals surface area contributed by atoms with Crippen molar-refractivity contribution in [3.8, 4) is 17.3 Å². The quantitative estimate of drug-likeness (QED) is 0.488. The summed E-state index contributed by atoms with van der Waals surface area (Å²) in [6.07, 6.45) is 1.98. The number of halogens is 1. The zero-order valence-electron chi connectivity index (χ0n) is 13.3. The third-order valence-corrected chi connectivity index (χ3v) is 4.33. The molecule has 4 rings (SSSR count). The highest BCUT2D eigenvalue weighted by atomic mass is 19.1. The van der Waals surface area contributed by atoms with Crippen molar-refractivity contribution in [2.75, 3.05) is 0 Å². The molecule has 0 fully saturated rings. The van der Waals surface area contributed by atoms with Crippen LogP contribution in [0.25, 0.3) is 33.2 Å². The summed E-state index contributed by atoms with van der Waals surface area (Å²) < 4.78 is 22.0. The molecule has 4 heteroatoms. The molecule has 0 aliphatic carbocycles. The van der Waals surface area contributed by atoms with E-state index in [1.807, 2.05) is 61.1 Å². The lowest BCUT2D eigenvalue weighted by Gasteiger charge is -2.04.